The smallest absolute Gasteiger partial charge is 0.147 e. The van der Waals surface area contributed by atoms with Crippen LogP contribution in [0, 0.1) is 13.8 Å². The summed E-state index contributed by atoms with van der Waals surface area (Å²) >= 11 is -0.0107. The Morgan fingerprint density at radius 2 is 1.85 bits per heavy atom. The number of fused-ring (bicyclic) bond motifs is 1. The van der Waals surface area contributed by atoms with Crippen LogP contribution in [0.15, 0.2) is 12.1 Å². The Bertz CT molecular complexity index is 294. The molecular weight excluding hydrogens is 297 g/mol. The molecule has 1 heterocycles. The van der Waals surface area contributed by atoms with E-state index in [9.17, 15) is 0 Å². The van der Waals surface area contributed by atoms with E-state index in [1.165, 1.54) is 17.7 Å². The summed E-state index contributed by atoms with van der Waals surface area (Å²) < 4.78 is 4.13. The maximum Gasteiger partial charge on any atom is -0.147 e. The minimum absolute atomic E-state index is 0. The summed E-state index contributed by atoms with van der Waals surface area (Å²) in [6.07, 6.45) is 0. The van der Waals surface area contributed by atoms with E-state index in [2.05, 4.69) is 36.2 Å². The van der Waals surface area contributed by atoms with Crippen LogP contribution in [0.1, 0.15) is 16.7 Å². The normalized spacial score (nSPS) is 15.3. The number of halogens is 1. The van der Waals surface area contributed by atoms with Crippen molar-refractivity contribution in [1.82, 2.24) is 3.15 Å². The average Bonchev–Trinajstić information content (AvgIpc) is 2.30. The quantitative estimate of drug-likeness (QED) is 0.655. The van der Waals surface area contributed by atoms with Crippen LogP contribution in [-0.2, 0) is 6.54 Å². The van der Waals surface area contributed by atoms with Gasteiger partial charge < -0.3 is 0 Å². The molecule has 2 rings (SSSR count). The summed E-state index contributed by atoms with van der Waals surface area (Å²) in [5.74, 6) is 0. The van der Waals surface area contributed by atoms with Crippen LogP contribution in [0.3, 0.4) is 0 Å². The number of nitrogens with zero attached hydrogens (tertiary/aromatic N) is 1. The van der Waals surface area contributed by atoms with Crippen molar-refractivity contribution in [1.29, 1.82) is 0 Å². The maximum atomic E-state index is 2.48. The van der Waals surface area contributed by atoms with Gasteiger partial charge in [-0.15, -0.1) is 12.4 Å². The van der Waals surface area contributed by atoms with Crippen molar-refractivity contribution < 1.29 is 0 Å². The van der Waals surface area contributed by atoms with E-state index in [0.717, 1.165) is 0 Å². The summed E-state index contributed by atoms with van der Waals surface area (Å²) in [5, 5.41) is 0. The van der Waals surface area contributed by atoms with Gasteiger partial charge in [0.05, 0.1) is 0 Å². The molecule has 0 atom stereocenters. The van der Waals surface area contributed by atoms with E-state index in [1.54, 1.807) is 9.17 Å². The van der Waals surface area contributed by atoms with Gasteiger partial charge in [0.1, 0.15) is 0 Å². The molecule has 0 saturated carbocycles. The van der Waals surface area contributed by atoms with Crippen molar-refractivity contribution in [3.8, 4) is 0 Å². The van der Waals surface area contributed by atoms with Gasteiger partial charge in [-0.3, -0.25) is 0 Å². The second kappa shape index (κ2) is 4.19. The van der Waals surface area contributed by atoms with Gasteiger partial charge in [0.25, 0.3) is 0 Å². The zero-order valence-corrected chi connectivity index (χ0v) is 11.3. The number of rotatable bonds is 0. The molecule has 0 aromatic heterocycles. The van der Waals surface area contributed by atoms with Gasteiger partial charge in [0.15, 0.2) is 0 Å². The Morgan fingerprint density at radius 3 is 2.54 bits per heavy atom. The van der Waals surface area contributed by atoms with Crippen LogP contribution >= 0.6 is 12.4 Å². The molecule has 0 unspecified atom stereocenters. The average molecular weight is 311 g/mol. The van der Waals surface area contributed by atoms with Gasteiger partial charge in [-0.25, -0.2) is 0 Å². The molecule has 0 amide bonds. The molecule has 0 saturated heterocycles. The first-order valence-electron chi connectivity index (χ1n) is 4.16. The molecule has 3 heteroatoms. The molecule has 1 aliphatic heterocycles. The van der Waals surface area contributed by atoms with Crippen molar-refractivity contribution in [2.24, 2.45) is 0 Å². The van der Waals surface area contributed by atoms with Gasteiger partial charge in [-0.05, 0) is 0 Å². The third kappa shape index (κ3) is 2.19. The van der Waals surface area contributed by atoms with E-state index in [4.69, 9.17) is 0 Å². The van der Waals surface area contributed by atoms with Crippen LogP contribution in [0.25, 0.3) is 0 Å². The van der Waals surface area contributed by atoms with Gasteiger partial charge in [-0.1, -0.05) is 0 Å². The monoisotopic (exact) mass is 313 g/mol. The molecule has 0 spiro atoms. The Hall–Kier alpha value is 0.260. The molecule has 1 aliphatic rings. The fourth-order valence-corrected chi connectivity index (χ4v) is 4.38. The first-order valence-corrected chi connectivity index (χ1v) is 6.37. The summed E-state index contributed by atoms with van der Waals surface area (Å²) in [7, 11) is 2.23. The summed E-state index contributed by atoms with van der Waals surface area (Å²) in [4.78, 5) is 0. The van der Waals surface area contributed by atoms with Crippen molar-refractivity contribution in [2.45, 2.75) is 20.4 Å². The van der Waals surface area contributed by atoms with E-state index in [0.29, 0.717) is 0 Å². The minimum Gasteiger partial charge on any atom is -0.147 e. The molecule has 0 bridgehead atoms. The molecule has 1 aromatic rings. The van der Waals surface area contributed by atoms with Crippen molar-refractivity contribution in [3.05, 3.63) is 28.8 Å². The summed E-state index contributed by atoms with van der Waals surface area (Å²) in [5.41, 5.74) is 4.47. The van der Waals surface area contributed by atoms with Crippen molar-refractivity contribution in [3.63, 3.8) is 0 Å². The Morgan fingerprint density at radius 1 is 1.23 bits per heavy atom. The zero-order valence-electron chi connectivity index (χ0n) is 8.13. The van der Waals surface area contributed by atoms with Gasteiger partial charge in [0.2, 0.25) is 0 Å². The largest absolute Gasteiger partial charge is 0.147 e. The Labute approximate surface area is 96.4 Å². The SMILES string of the molecule is Cc1cc2c(cc1C)[Te]N(C)C2.Cl. The minimum atomic E-state index is -0.0107. The maximum absolute atomic E-state index is 2.48. The fourth-order valence-electron chi connectivity index (χ4n) is 1.50. The molecule has 0 N–H and O–H groups in total. The Kier molecular flexibility index (Phi) is 3.65. The Balaban J connectivity index is 0.000000845. The number of hydrogen-bond acceptors (Lipinski definition) is 1. The van der Waals surface area contributed by atoms with E-state index < -0.39 is 0 Å². The third-order valence-electron chi connectivity index (χ3n) is 2.32. The number of aryl methyl sites for hydroxylation is 2. The molecule has 0 radical (unpaired) electrons. The summed E-state index contributed by atoms with van der Waals surface area (Å²) in [6, 6.07) is 4.75. The number of benzene rings is 1. The standard InChI is InChI=1S/C10H13NTe.ClH/c1-7-4-9-6-11(3)12-10(9)5-8(7)2;/h4-5H,6H2,1-3H3;1H. The van der Waals surface area contributed by atoms with E-state index in [-0.39, 0.29) is 33.6 Å². The van der Waals surface area contributed by atoms with Gasteiger partial charge >= 0.3 is 84.2 Å². The van der Waals surface area contributed by atoms with Gasteiger partial charge in [-0.2, -0.15) is 0 Å². The van der Waals surface area contributed by atoms with Crippen molar-refractivity contribution in [2.75, 3.05) is 7.05 Å². The third-order valence-corrected chi connectivity index (χ3v) is 5.23. The molecule has 1 aromatic carbocycles. The first-order chi connectivity index (χ1) is 5.66. The molecular formula is C10H14ClNTe. The van der Waals surface area contributed by atoms with Crippen LogP contribution in [-0.4, -0.2) is 31.4 Å². The fraction of sp³-hybridized carbons (Fsp3) is 0.400. The second-order valence-electron chi connectivity index (χ2n) is 3.42. The van der Waals surface area contributed by atoms with Crippen LogP contribution in [0.2, 0.25) is 0 Å². The zero-order chi connectivity index (χ0) is 8.72. The topological polar surface area (TPSA) is 3.24 Å². The van der Waals surface area contributed by atoms with E-state index >= 15 is 0 Å². The van der Waals surface area contributed by atoms with Crippen LogP contribution in [0.5, 0.6) is 0 Å². The predicted octanol–water partition coefficient (Wildman–Crippen LogP) is 1.42. The van der Waals surface area contributed by atoms with Crippen LogP contribution < -0.4 is 3.61 Å². The van der Waals surface area contributed by atoms with E-state index in [1.807, 2.05) is 0 Å². The van der Waals surface area contributed by atoms with Crippen LogP contribution in [0.4, 0.5) is 0 Å². The molecule has 13 heavy (non-hydrogen) atoms. The molecule has 1 nitrogen and oxygen atoms in total. The first kappa shape index (κ1) is 11.3. The predicted molar refractivity (Wildman–Crippen MR) is 60.0 cm³/mol. The van der Waals surface area contributed by atoms with Crippen molar-refractivity contribution >= 4 is 37.2 Å². The molecule has 0 aliphatic carbocycles. The van der Waals surface area contributed by atoms with Gasteiger partial charge in [0, 0.05) is 0 Å². The second-order valence-corrected chi connectivity index (χ2v) is 6.98. The molecule has 72 valence electrons. The molecule has 0 fully saturated rings. The number of hydrogen-bond donors (Lipinski definition) is 0. The summed E-state index contributed by atoms with van der Waals surface area (Å²) in [6.45, 7) is 5.59.